The lowest BCUT2D eigenvalue weighted by Crippen LogP contribution is -2.44. The number of carbonyl (C=O) groups is 2. The highest BCUT2D eigenvalue weighted by Gasteiger charge is 2.39. The highest BCUT2D eigenvalue weighted by Crippen LogP contribution is 2.30. The standard InChI is InChI=1S/C29H31N3O4/c1-19(30)23-7-4-6-20(16-23)17-25(29(34)36-3)26-8-5-15-32(26)28(33)22-11-9-21(10-12-22)24-13-14-27(35-2)31-18-24/h4,6-7,9-14,16,18,25-26,30H,5,8,15,17H2,1-3H3. The molecule has 7 heteroatoms. The molecule has 1 amide bonds. The van der Waals surface area contributed by atoms with Crippen molar-refractivity contribution in [1.82, 2.24) is 9.88 Å². The van der Waals surface area contributed by atoms with E-state index in [9.17, 15) is 9.59 Å². The van der Waals surface area contributed by atoms with Gasteiger partial charge in [0.2, 0.25) is 5.88 Å². The van der Waals surface area contributed by atoms with Gasteiger partial charge in [-0.1, -0.05) is 30.3 Å². The number of hydrogen-bond acceptors (Lipinski definition) is 6. The minimum atomic E-state index is -0.479. The van der Waals surface area contributed by atoms with E-state index in [1.807, 2.05) is 59.5 Å². The van der Waals surface area contributed by atoms with Crippen LogP contribution >= 0.6 is 0 Å². The predicted molar refractivity (Wildman–Crippen MR) is 138 cm³/mol. The molecule has 2 atom stereocenters. The summed E-state index contributed by atoms with van der Waals surface area (Å²) in [4.78, 5) is 32.4. The van der Waals surface area contributed by atoms with Crippen molar-refractivity contribution in [3.05, 3.63) is 83.6 Å². The number of amides is 1. The van der Waals surface area contributed by atoms with Gasteiger partial charge in [-0.05, 0) is 67.1 Å². The molecular formula is C29H31N3O4. The third-order valence-corrected chi connectivity index (χ3v) is 6.75. The second-order valence-electron chi connectivity index (χ2n) is 9.03. The zero-order chi connectivity index (χ0) is 25.7. The van der Waals surface area contributed by atoms with Gasteiger partial charge in [0.05, 0.1) is 20.1 Å². The summed E-state index contributed by atoms with van der Waals surface area (Å²) < 4.78 is 10.3. The Kier molecular flexibility index (Phi) is 7.78. The van der Waals surface area contributed by atoms with Crippen molar-refractivity contribution in [2.24, 2.45) is 5.92 Å². The fourth-order valence-electron chi connectivity index (χ4n) is 4.82. The Bertz CT molecular complexity index is 1240. The minimum absolute atomic E-state index is 0.0881. The van der Waals surface area contributed by atoms with Crippen LogP contribution in [0.2, 0.25) is 0 Å². The highest BCUT2D eigenvalue weighted by molar-refractivity contribution is 5.96. The molecule has 3 aromatic rings. The van der Waals surface area contributed by atoms with Crippen LogP contribution in [0.25, 0.3) is 11.1 Å². The molecule has 36 heavy (non-hydrogen) atoms. The Morgan fingerprint density at radius 2 is 1.81 bits per heavy atom. The number of nitrogens with one attached hydrogen (secondary N) is 1. The summed E-state index contributed by atoms with van der Waals surface area (Å²) >= 11 is 0. The van der Waals surface area contributed by atoms with E-state index in [-0.39, 0.29) is 17.9 Å². The number of carbonyl (C=O) groups excluding carboxylic acids is 2. The van der Waals surface area contributed by atoms with Gasteiger partial charge in [-0.15, -0.1) is 0 Å². The van der Waals surface area contributed by atoms with Gasteiger partial charge in [-0.2, -0.15) is 0 Å². The lowest BCUT2D eigenvalue weighted by molar-refractivity contribution is -0.147. The van der Waals surface area contributed by atoms with E-state index in [1.165, 1.54) is 7.11 Å². The quantitative estimate of drug-likeness (QED) is 0.366. The molecule has 0 saturated carbocycles. The van der Waals surface area contributed by atoms with Crippen LogP contribution in [0.4, 0.5) is 0 Å². The molecule has 0 bridgehead atoms. The molecule has 0 spiro atoms. The third kappa shape index (κ3) is 5.46. The molecule has 0 radical (unpaired) electrons. The first-order valence-corrected chi connectivity index (χ1v) is 12.0. The number of rotatable bonds is 8. The van der Waals surface area contributed by atoms with Gasteiger partial charge >= 0.3 is 5.97 Å². The highest BCUT2D eigenvalue weighted by atomic mass is 16.5. The number of benzene rings is 2. The molecule has 1 saturated heterocycles. The maximum atomic E-state index is 13.5. The Balaban J connectivity index is 1.54. The second kappa shape index (κ2) is 11.2. The fraction of sp³-hybridized carbons (Fsp3) is 0.310. The van der Waals surface area contributed by atoms with Crippen LogP contribution < -0.4 is 4.74 Å². The number of likely N-dealkylation sites (tertiary alicyclic amines) is 1. The molecule has 7 nitrogen and oxygen atoms in total. The van der Waals surface area contributed by atoms with Crippen molar-refractivity contribution >= 4 is 17.6 Å². The molecule has 1 aliphatic heterocycles. The maximum Gasteiger partial charge on any atom is 0.311 e. The minimum Gasteiger partial charge on any atom is -0.481 e. The Morgan fingerprint density at radius 1 is 1.06 bits per heavy atom. The van der Waals surface area contributed by atoms with Gasteiger partial charge in [0.1, 0.15) is 0 Å². The number of nitrogens with zero attached hydrogens (tertiary/aromatic N) is 2. The van der Waals surface area contributed by atoms with E-state index in [0.717, 1.165) is 35.1 Å². The van der Waals surface area contributed by atoms with Crippen molar-refractivity contribution < 1.29 is 19.1 Å². The Hall–Kier alpha value is -4.00. The molecule has 0 aliphatic carbocycles. The molecule has 2 aromatic carbocycles. The number of hydrogen-bond donors (Lipinski definition) is 1. The van der Waals surface area contributed by atoms with E-state index in [4.69, 9.17) is 14.9 Å². The van der Waals surface area contributed by atoms with E-state index in [1.54, 1.807) is 26.3 Å². The average molecular weight is 486 g/mol. The molecule has 2 heterocycles. The number of ether oxygens (including phenoxy) is 2. The van der Waals surface area contributed by atoms with Crippen LogP contribution in [-0.4, -0.2) is 54.3 Å². The van der Waals surface area contributed by atoms with Gasteiger partial charge in [-0.3, -0.25) is 9.59 Å². The summed E-state index contributed by atoms with van der Waals surface area (Å²) in [5.74, 6) is -0.341. The normalized spacial score (nSPS) is 15.9. The lowest BCUT2D eigenvalue weighted by Gasteiger charge is -2.30. The number of methoxy groups -OCH3 is 2. The van der Waals surface area contributed by atoms with Crippen LogP contribution in [0.5, 0.6) is 5.88 Å². The molecule has 1 fully saturated rings. The maximum absolute atomic E-state index is 13.5. The summed E-state index contributed by atoms with van der Waals surface area (Å²) in [5, 5.41) is 7.92. The summed E-state index contributed by atoms with van der Waals surface area (Å²) in [5.41, 5.74) is 4.71. The van der Waals surface area contributed by atoms with Crippen LogP contribution in [0.1, 0.15) is 41.3 Å². The van der Waals surface area contributed by atoms with E-state index >= 15 is 0 Å². The zero-order valence-electron chi connectivity index (χ0n) is 20.9. The molecule has 1 aliphatic rings. The van der Waals surface area contributed by atoms with Crippen molar-refractivity contribution in [2.75, 3.05) is 20.8 Å². The van der Waals surface area contributed by atoms with Crippen LogP contribution in [0.15, 0.2) is 66.9 Å². The van der Waals surface area contributed by atoms with Crippen LogP contribution in [-0.2, 0) is 16.0 Å². The van der Waals surface area contributed by atoms with Crippen LogP contribution in [0.3, 0.4) is 0 Å². The Morgan fingerprint density at radius 3 is 2.44 bits per heavy atom. The van der Waals surface area contributed by atoms with Gasteiger partial charge < -0.3 is 19.8 Å². The summed E-state index contributed by atoms with van der Waals surface area (Å²) in [6, 6.07) is 18.6. The van der Waals surface area contributed by atoms with Crippen molar-refractivity contribution in [1.29, 1.82) is 5.41 Å². The first-order chi connectivity index (χ1) is 17.4. The molecule has 2 unspecified atom stereocenters. The van der Waals surface area contributed by atoms with Crippen molar-refractivity contribution in [3.63, 3.8) is 0 Å². The SMILES string of the molecule is COC(=O)C(Cc1cccc(C(C)=N)c1)C1CCCN1C(=O)c1ccc(-c2ccc(OC)nc2)cc1. The first kappa shape index (κ1) is 25.1. The summed E-state index contributed by atoms with van der Waals surface area (Å²) in [6.07, 6.45) is 3.76. The third-order valence-electron chi connectivity index (χ3n) is 6.75. The van der Waals surface area contributed by atoms with E-state index in [2.05, 4.69) is 4.98 Å². The summed E-state index contributed by atoms with van der Waals surface area (Å²) in [7, 11) is 2.97. The number of aromatic nitrogens is 1. The lowest BCUT2D eigenvalue weighted by atomic mass is 9.89. The smallest absolute Gasteiger partial charge is 0.311 e. The molecular weight excluding hydrogens is 454 g/mol. The zero-order valence-corrected chi connectivity index (χ0v) is 20.9. The van der Waals surface area contributed by atoms with Crippen molar-refractivity contribution in [2.45, 2.75) is 32.2 Å². The topological polar surface area (TPSA) is 92.6 Å². The Labute approximate surface area is 211 Å². The van der Waals surface area contributed by atoms with E-state index in [0.29, 0.717) is 30.1 Å². The fourth-order valence-corrected chi connectivity index (χ4v) is 4.82. The second-order valence-corrected chi connectivity index (χ2v) is 9.03. The van der Waals surface area contributed by atoms with Crippen LogP contribution in [0, 0.1) is 11.3 Å². The largest absolute Gasteiger partial charge is 0.481 e. The summed E-state index contributed by atoms with van der Waals surface area (Å²) in [6.45, 7) is 2.34. The van der Waals surface area contributed by atoms with Gasteiger partial charge in [0, 0.05) is 41.7 Å². The average Bonchev–Trinajstić information content (AvgIpc) is 3.41. The monoisotopic (exact) mass is 485 g/mol. The number of esters is 1. The first-order valence-electron chi connectivity index (χ1n) is 12.0. The van der Waals surface area contributed by atoms with Gasteiger partial charge in [-0.25, -0.2) is 4.98 Å². The molecule has 1 aromatic heterocycles. The molecule has 1 N–H and O–H groups in total. The van der Waals surface area contributed by atoms with E-state index < -0.39 is 5.92 Å². The molecule has 4 rings (SSSR count). The van der Waals surface area contributed by atoms with Gasteiger partial charge in [0.25, 0.3) is 5.91 Å². The molecule has 186 valence electrons. The predicted octanol–water partition coefficient (Wildman–Crippen LogP) is 4.78. The van der Waals surface area contributed by atoms with Crippen molar-refractivity contribution in [3.8, 4) is 17.0 Å². The van der Waals surface area contributed by atoms with Gasteiger partial charge in [0.15, 0.2) is 0 Å². The number of pyridine rings is 1.